The van der Waals surface area contributed by atoms with Gasteiger partial charge in [-0.1, -0.05) is 30.3 Å². The van der Waals surface area contributed by atoms with Gasteiger partial charge in [0.2, 0.25) is 5.91 Å². The lowest BCUT2D eigenvalue weighted by atomic mass is 9.99. The maximum atomic E-state index is 12.4. The largest absolute Gasteiger partial charge is 0.378 e. The summed E-state index contributed by atoms with van der Waals surface area (Å²) in [6, 6.07) is 10.1. The predicted molar refractivity (Wildman–Crippen MR) is 90.8 cm³/mol. The van der Waals surface area contributed by atoms with Gasteiger partial charge in [-0.25, -0.2) is 0 Å². The first-order valence-electron chi connectivity index (χ1n) is 8.10. The number of benzene rings is 1. The predicted octanol–water partition coefficient (Wildman–Crippen LogP) is 1.82. The Morgan fingerprint density at radius 3 is 2.78 bits per heavy atom. The fourth-order valence-corrected chi connectivity index (χ4v) is 3.12. The Hall–Kier alpha value is -1.14. The minimum atomic E-state index is -0.0688. The van der Waals surface area contributed by atoms with E-state index in [0.717, 1.165) is 38.2 Å². The zero-order chi connectivity index (χ0) is 15.2. The molecule has 1 amide bonds. The van der Waals surface area contributed by atoms with Crippen molar-refractivity contribution in [3.63, 3.8) is 0 Å². The van der Waals surface area contributed by atoms with Gasteiger partial charge >= 0.3 is 0 Å². The van der Waals surface area contributed by atoms with E-state index in [9.17, 15) is 4.79 Å². The summed E-state index contributed by atoms with van der Waals surface area (Å²) < 4.78 is 11.2. The molecule has 0 radical (unpaired) electrons. The number of carbonyl (C=O) groups is 1. The molecule has 0 aromatic heterocycles. The Morgan fingerprint density at radius 2 is 2.13 bits per heavy atom. The third-order valence-corrected chi connectivity index (χ3v) is 4.24. The highest BCUT2D eigenvalue weighted by Crippen LogP contribution is 2.27. The SMILES string of the molecule is Cl.O=C(CC1COCCN1)NC(c1ccccc1)C1CCCO1. The van der Waals surface area contributed by atoms with Gasteiger partial charge in [-0.2, -0.15) is 0 Å². The van der Waals surface area contributed by atoms with Crippen molar-refractivity contribution in [2.75, 3.05) is 26.4 Å². The zero-order valence-corrected chi connectivity index (χ0v) is 14.0. The molecule has 2 fully saturated rings. The van der Waals surface area contributed by atoms with Crippen molar-refractivity contribution in [3.05, 3.63) is 35.9 Å². The van der Waals surface area contributed by atoms with Gasteiger partial charge < -0.3 is 20.1 Å². The number of hydrogen-bond donors (Lipinski definition) is 2. The number of ether oxygens (including phenoxy) is 2. The summed E-state index contributed by atoms with van der Waals surface area (Å²) in [6.07, 6.45) is 2.56. The first kappa shape index (κ1) is 18.2. The molecular weight excluding hydrogens is 316 g/mol. The van der Waals surface area contributed by atoms with E-state index in [2.05, 4.69) is 22.8 Å². The van der Waals surface area contributed by atoms with Gasteiger partial charge in [0.05, 0.1) is 25.4 Å². The Bertz CT molecular complexity index is 474. The Balaban J connectivity index is 0.00000192. The molecule has 1 aromatic carbocycles. The van der Waals surface area contributed by atoms with E-state index < -0.39 is 0 Å². The van der Waals surface area contributed by atoms with Crippen molar-refractivity contribution in [1.29, 1.82) is 0 Å². The van der Waals surface area contributed by atoms with Crippen LogP contribution in [-0.4, -0.2) is 44.4 Å². The molecule has 0 spiro atoms. The monoisotopic (exact) mass is 340 g/mol. The molecule has 2 aliphatic rings. The van der Waals surface area contributed by atoms with Crippen LogP contribution in [0.5, 0.6) is 0 Å². The highest BCUT2D eigenvalue weighted by atomic mass is 35.5. The van der Waals surface area contributed by atoms with Crippen LogP contribution in [0.25, 0.3) is 0 Å². The van der Waals surface area contributed by atoms with E-state index in [-0.39, 0.29) is 36.5 Å². The van der Waals surface area contributed by atoms with Crippen molar-refractivity contribution >= 4 is 18.3 Å². The van der Waals surface area contributed by atoms with Crippen molar-refractivity contribution in [2.24, 2.45) is 0 Å². The Labute approximate surface area is 143 Å². The Morgan fingerprint density at radius 1 is 1.30 bits per heavy atom. The molecule has 6 heteroatoms. The third kappa shape index (κ3) is 5.18. The van der Waals surface area contributed by atoms with Crippen molar-refractivity contribution < 1.29 is 14.3 Å². The first-order valence-corrected chi connectivity index (χ1v) is 8.10. The molecular formula is C17H25ClN2O3. The maximum absolute atomic E-state index is 12.4. The number of carbonyl (C=O) groups excluding carboxylic acids is 1. The van der Waals surface area contributed by atoms with Gasteiger partial charge in [0.1, 0.15) is 0 Å². The molecule has 2 heterocycles. The Kier molecular flexibility index (Phi) is 7.30. The molecule has 5 nitrogen and oxygen atoms in total. The molecule has 2 saturated heterocycles. The lowest BCUT2D eigenvalue weighted by Gasteiger charge is -2.27. The van der Waals surface area contributed by atoms with Crippen LogP contribution < -0.4 is 10.6 Å². The highest BCUT2D eigenvalue weighted by Gasteiger charge is 2.29. The summed E-state index contributed by atoms with van der Waals surface area (Å²) in [5, 5.41) is 6.48. The number of nitrogens with one attached hydrogen (secondary N) is 2. The topological polar surface area (TPSA) is 59.6 Å². The van der Waals surface area contributed by atoms with Gasteiger partial charge in [-0.3, -0.25) is 4.79 Å². The highest BCUT2D eigenvalue weighted by molar-refractivity contribution is 5.85. The summed E-state index contributed by atoms with van der Waals surface area (Å²) >= 11 is 0. The van der Waals surface area contributed by atoms with E-state index in [4.69, 9.17) is 9.47 Å². The van der Waals surface area contributed by atoms with Crippen molar-refractivity contribution in [2.45, 2.75) is 37.5 Å². The van der Waals surface area contributed by atoms with Crippen LogP contribution in [0.1, 0.15) is 30.9 Å². The molecule has 1 aromatic rings. The van der Waals surface area contributed by atoms with Gasteiger partial charge in [0.25, 0.3) is 0 Å². The van der Waals surface area contributed by atoms with Gasteiger partial charge in [-0.05, 0) is 18.4 Å². The summed E-state index contributed by atoms with van der Waals surface area (Å²) in [5.41, 5.74) is 1.11. The van der Waals surface area contributed by atoms with Gasteiger partial charge in [0, 0.05) is 25.6 Å². The van der Waals surface area contributed by atoms with Crippen molar-refractivity contribution in [1.82, 2.24) is 10.6 Å². The molecule has 3 atom stereocenters. The minimum Gasteiger partial charge on any atom is -0.378 e. The van der Waals surface area contributed by atoms with Crippen LogP contribution in [0.4, 0.5) is 0 Å². The summed E-state index contributed by atoms with van der Waals surface area (Å²) in [4.78, 5) is 12.4. The maximum Gasteiger partial charge on any atom is 0.222 e. The van der Waals surface area contributed by atoms with Crippen LogP contribution >= 0.6 is 12.4 Å². The van der Waals surface area contributed by atoms with E-state index >= 15 is 0 Å². The lowest BCUT2D eigenvalue weighted by Crippen LogP contribution is -2.45. The number of rotatable bonds is 5. The zero-order valence-electron chi connectivity index (χ0n) is 13.2. The number of morpholine rings is 1. The number of halogens is 1. The molecule has 0 aliphatic carbocycles. The van der Waals surface area contributed by atoms with Crippen LogP contribution in [0, 0.1) is 0 Å². The average molecular weight is 341 g/mol. The minimum absolute atomic E-state index is 0. The fraction of sp³-hybridized carbons (Fsp3) is 0.588. The molecule has 2 N–H and O–H groups in total. The number of amides is 1. The lowest BCUT2D eigenvalue weighted by molar-refractivity contribution is -0.124. The number of hydrogen-bond acceptors (Lipinski definition) is 4. The van der Waals surface area contributed by atoms with E-state index in [0.29, 0.717) is 13.0 Å². The van der Waals surface area contributed by atoms with Crippen LogP contribution in [0.3, 0.4) is 0 Å². The standard InChI is InChI=1S/C17H24N2O3.ClH/c20-16(11-14-12-21-10-8-18-14)19-17(15-7-4-9-22-15)13-5-2-1-3-6-13;/h1-3,5-6,14-15,17-18H,4,7-12H2,(H,19,20);1H. The van der Waals surface area contributed by atoms with Crippen molar-refractivity contribution in [3.8, 4) is 0 Å². The van der Waals surface area contributed by atoms with E-state index in [1.54, 1.807) is 0 Å². The normalized spacial score (nSPS) is 25.4. The second-order valence-corrected chi connectivity index (χ2v) is 5.94. The molecule has 2 aliphatic heterocycles. The average Bonchev–Trinajstić information content (AvgIpc) is 3.08. The molecule has 3 rings (SSSR count). The molecule has 3 unspecified atom stereocenters. The second-order valence-electron chi connectivity index (χ2n) is 5.94. The molecule has 0 saturated carbocycles. The van der Waals surface area contributed by atoms with Gasteiger partial charge in [0.15, 0.2) is 0 Å². The molecule has 0 bridgehead atoms. The summed E-state index contributed by atoms with van der Waals surface area (Å²) in [5.74, 6) is 0.0485. The van der Waals surface area contributed by atoms with E-state index in [1.807, 2.05) is 18.2 Å². The molecule has 128 valence electrons. The van der Waals surface area contributed by atoms with Crippen LogP contribution in [0.2, 0.25) is 0 Å². The molecule has 23 heavy (non-hydrogen) atoms. The third-order valence-electron chi connectivity index (χ3n) is 4.24. The fourth-order valence-electron chi connectivity index (χ4n) is 3.12. The summed E-state index contributed by atoms with van der Waals surface area (Å²) in [6.45, 7) is 2.91. The first-order chi connectivity index (χ1) is 10.8. The smallest absolute Gasteiger partial charge is 0.222 e. The van der Waals surface area contributed by atoms with Crippen LogP contribution in [-0.2, 0) is 14.3 Å². The second kappa shape index (κ2) is 9.23. The summed E-state index contributed by atoms with van der Waals surface area (Å²) in [7, 11) is 0. The quantitative estimate of drug-likeness (QED) is 0.858. The van der Waals surface area contributed by atoms with Crippen LogP contribution in [0.15, 0.2) is 30.3 Å². The van der Waals surface area contributed by atoms with Gasteiger partial charge in [-0.15, -0.1) is 12.4 Å². The van der Waals surface area contributed by atoms with E-state index in [1.165, 1.54) is 0 Å².